The molecule has 2 aromatic rings. The van der Waals surface area contributed by atoms with E-state index in [1.54, 1.807) is 6.07 Å². The van der Waals surface area contributed by atoms with Gasteiger partial charge in [0.15, 0.2) is 0 Å². The van der Waals surface area contributed by atoms with E-state index >= 15 is 0 Å². The fourth-order valence-corrected chi connectivity index (χ4v) is 1.81. The molecule has 0 saturated carbocycles. The van der Waals surface area contributed by atoms with Gasteiger partial charge in [0.1, 0.15) is 0 Å². The lowest BCUT2D eigenvalue weighted by atomic mass is 9.87. The van der Waals surface area contributed by atoms with E-state index in [9.17, 15) is 4.39 Å². The monoisotopic (exact) mass is 258 g/mol. The number of nitrogens with one attached hydrogen (secondary N) is 1. The quantitative estimate of drug-likeness (QED) is 0.837. The Kier molecular flexibility index (Phi) is 3.84. The van der Waals surface area contributed by atoms with E-state index in [1.807, 2.05) is 0 Å². The summed E-state index contributed by atoms with van der Waals surface area (Å²) in [6, 6.07) is 11.6. The molecular weight excluding hydrogens is 239 g/mol. The Hall–Kier alpha value is -1.90. The summed E-state index contributed by atoms with van der Waals surface area (Å²) < 4.78 is 12.7. The van der Waals surface area contributed by atoms with E-state index in [0.29, 0.717) is 6.54 Å². The van der Waals surface area contributed by atoms with Crippen molar-refractivity contribution < 1.29 is 4.39 Å². The number of pyridine rings is 1. The fourth-order valence-electron chi connectivity index (χ4n) is 1.81. The molecule has 100 valence electrons. The molecule has 0 aliphatic heterocycles. The zero-order chi connectivity index (χ0) is 13.9. The number of anilines is 1. The summed E-state index contributed by atoms with van der Waals surface area (Å²) in [5.41, 5.74) is 3.51. The van der Waals surface area contributed by atoms with Gasteiger partial charge in [0.2, 0.25) is 5.95 Å². The SMILES string of the molecule is CC(C)(C)c1ccc(CNc2ccc(F)nc2)cc1. The number of aromatic nitrogens is 1. The van der Waals surface area contributed by atoms with E-state index < -0.39 is 5.95 Å². The van der Waals surface area contributed by atoms with E-state index in [-0.39, 0.29) is 5.41 Å². The van der Waals surface area contributed by atoms with Gasteiger partial charge in [-0.05, 0) is 28.7 Å². The Bertz CT molecular complexity index is 524. The average Bonchev–Trinajstić information content (AvgIpc) is 2.37. The van der Waals surface area contributed by atoms with Crippen LogP contribution in [0.25, 0.3) is 0 Å². The molecular formula is C16H19FN2. The largest absolute Gasteiger partial charge is 0.380 e. The first-order valence-electron chi connectivity index (χ1n) is 6.40. The highest BCUT2D eigenvalue weighted by Crippen LogP contribution is 2.22. The number of halogens is 1. The Labute approximate surface area is 113 Å². The van der Waals surface area contributed by atoms with Crippen molar-refractivity contribution in [3.63, 3.8) is 0 Å². The maximum Gasteiger partial charge on any atom is 0.212 e. The van der Waals surface area contributed by atoms with E-state index in [1.165, 1.54) is 23.4 Å². The van der Waals surface area contributed by atoms with Gasteiger partial charge in [0.05, 0.1) is 11.9 Å². The summed E-state index contributed by atoms with van der Waals surface area (Å²) in [6.07, 6.45) is 1.50. The average molecular weight is 258 g/mol. The summed E-state index contributed by atoms with van der Waals surface area (Å²) in [5.74, 6) is -0.458. The molecule has 1 aromatic heterocycles. The number of hydrogen-bond acceptors (Lipinski definition) is 2. The minimum absolute atomic E-state index is 0.173. The fraction of sp³-hybridized carbons (Fsp3) is 0.312. The van der Waals surface area contributed by atoms with Gasteiger partial charge in [-0.3, -0.25) is 0 Å². The molecule has 0 amide bonds. The van der Waals surface area contributed by atoms with Gasteiger partial charge in [0.25, 0.3) is 0 Å². The molecule has 0 radical (unpaired) electrons. The van der Waals surface area contributed by atoms with Crippen molar-refractivity contribution in [2.45, 2.75) is 32.7 Å². The third-order valence-corrected chi connectivity index (χ3v) is 3.04. The first kappa shape index (κ1) is 13.5. The molecule has 3 heteroatoms. The molecule has 0 atom stereocenters. The lowest BCUT2D eigenvalue weighted by molar-refractivity contribution is 0.584. The van der Waals surface area contributed by atoms with E-state index in [2.05, 4.69) is 55.3 Å². The van der Waals surface area contributed by atoms with E-state index in [0.717, 1.165) is 5.69 Å². The zero-order valence-electron chi connectivity index (χ0n) is 11.6. The van der Waals surface area contributed by atoms with Crippen LogP contribution in [0.2, 0.25) is 0 Å². The first-order chi connectivity index (χ1) is 8.95. The van der Waals surface area contributed by atoms with Crippen LogP contribution >= 0.6 is 0 Å². The Morgan fingerprint density at radius 3 is 2.26 bits per heavy atom. The maximum absolute atomic E-state index is 12.7. The van der Waals surface area contributed by atoms with Gasteiger partial charge in [-0.25, -0.2) is 4.98 Å². The van der Waals surface area contributed by atoms with Crippen molar-refractivity contribution in [3.05, 3.63) is 59.7 Å². The highest BCUT2D eigenvalue weighted by Gasteiger charge is 2.12. The lowest BCUT2D eigenvalue weighted by Gasteiger charge is -2.19. The van der Waals surface area contributed by atoms with E-state index in [4.69, 9.17) is 0 Å². The molecule has 0 saturated heterocycles. The smallest absolute Gasteiger partial charge is 0.212 e. The second kappa shape index (κ2) is 5.39. The minimum Gasteiger partial charge on any atom is -0.380 e. The van der Waals surface area contributed by atoms with Crippen LogP contribution in [-0.4, -0.2) is 4.98 Å². The van der Waals surface area contributed by atoms with Gasteiger partial charge in [0, 0.05) is 6.54 Å². The van der Waals surface area contributed by atoms with Crippen LogP contribution in [0.5, 0.6) is 0 Å². The van der Waals surface area contributed by atoms with Crippen molar-refractivity contribution in [1.29, 1.82) is 0 Å². The van der Waals surface area contributed by atoms with Crippen LogP contribution in [0.15, 0.2) is 42.6 Å². The minimum atomic E-state index is -0.458. The number of benzene rings is 1. The number of nitrogens with zero attached hydrogens (tertiary/aromatic N) is 1. The molecule has 0 bridgehead atoms. The van der Waals surface area contributed by atoms with Crippen LogP contribution in [0.4, 0.5) is 10.1 Å². The predicted molar refractivity (Wildman–Crippen MR) is 76.7 cm³/mol. The van der Waals surface area contributed by atoms with Gasteiger partial charge in [-0.2, -0.15) is 4.39 Å². The van der Waals surface area contributed by atoms with Crippen LogP contribution < -0.4 is 5.32 Å². The molecule has 19 heavy (non-hydrogen) atoms. The number of rotatable bonds is 3. The topological polar surface area (TPSA) is 24.9 Å². The van der Waals surface area contributed by atoms with Gasteiger partial charge < -0.3 is 5.32 Å². The van der Waals surface area contributed by atoms with Crippen LogP contribution in [0.1, 0.15) is 31.9 Å². The summed E-state index contributed by atoms with van der Waals surface area (Å²) in [4.78, 5) is 3.61. The molecule has 0 spiro atoms. The highest BCUT2D eigenvalue weighted by molar-refractivity contribution is 5.41. The Morgan fingerprint density at radius 2 is 1.74 bits per heavy atom. The molecule has 0 unspecified atom stereocenters. The standard InChI is InChI=1S/C16H19FN2/c1-16(2,3)13-6-4-12(5-7-13)10-18-14-8-9-15(17)19-11-14/h4-9,11,18H,10H2,1-3H3. The molecule has 0 aliphatic carbocycles. The zero-order valence-corrected chi connectivity index (χ0v) is 11.6. The first-order valence-corrected chi connectivity index (χ1v) is 6.40. The second-order valence-corrected chi connectivity index (χ2v) is 5.67. The van der Waals surface area contributed by atoms with Gasteiger partial charge in [-0.1, -0.05) is 45.0 Å². The van der Waals surface area contributed by atoms with Crippen molar-refractivity contribution >= 4 is 5.69 Å². The molecule has 0 aliphatic rings. The Morgan fingerprint density at radius 1 is 1.05 bits per heavy atom. The van der Waals surface area contributed by atoms with Crippen LogP contribution in [0, 0.1) is 5.95 Å². The third kappa shape index (κ3) is 3.78. The number of hydrogen-bond donors (Lipinski definition) is 1. The van der Waals surface area contributed by atoms with Crippen molar-refractivity contribution in [2.24, 2.45) is 0 Å². The van der Waals surface area contributed by atoms with Gasteiger partial charge >= 0.3 is 0 Å². The Balaban J connectivity index is 1.98. The third-order valence-electron chi connectivity index (χ3n) is 3.04. The summed E-state index contributed by atoms with van der Waals surface area (Å²) in [7, 11) is 0. The maximum atomic E-state index is 12.7. The van der Waals surface area contributed by atoms with Gasteiger partial charge in [-0.15, -0.1) is 0 Å². The molecule has 2 nitrogen and oxygen atoms in total. The molecule has 1 heterocycles. The van der Waals surface area contributed by atoms with Crippen molar-refractivity contribution in [2.75, 3.05) is 5.32 Å². The van der Waals surface area contributed by atoms with Crippen molar-refractivity contribution in [3.8, 4) is 0 Å². The van der Waals surface area contributed by atoms with Crippen LogP contribution in [-0.2, 0) is 12.0 Å². The molecule has 2 rings (SSSR count). The summed E-state index contributed by atoms with van der Waals surface area (Å²) in [6.45, 7) is 7.30. The molecule has 1 aromatic carbocycles. The summed E-state index contributed by atoms with van der Waals surface area (Å²) >= 11 is 0. The molecule has 1 N–H and O–H groups in total. The predicted octanol–water partition coefficient (Wildman–Crippen LogP) is 4.13. The summed E-state index contributed by atoms with van der Waals surface area (Å²) in [5, 5.41) is 3.22. The lowest BCUT2D eigenvalue weighted by Crippen LogP contribution is -2.11. The normalized spacial score (nSPS) is 11.4. The highest BCUT2D eigenvalue weighted by atomic mass is 19.1. The van der Waals surface area contributed by atoms with Crippen LogP contribution in [0.3, 0.4) is 0 Å². The second-order valence-electron chi connectivity index (χ2n) is 5.67. The molecule has 0 fully saturated rings. The van der Waals surface area contributed by atoms with Crippen molar-refractivity contribution in [1.82, 2.24) is 4.98 Å².